The lowest BCUT2D eigenvalue weighted by Gasteiger charge is -2.49. The second-order valence-corrected chi connectivity index (χ2v) is 23.4. The number of allylic oxidation sites excluding steroid dienone is 4. The average molecular weight is 852 g/mol. The fraction of sp³-hybridized carbons (Fsp3) is 0.569. The lowest BCUT2D eigenvalue weighted by atomic mass is 10.0. The van der Waals surface area contributed by atoms with Crippen molar-refractivity contribution in [1.29, 1.82) is 0 Å². The summed E-state index contributed by atoms with van der Waals surface area (Å²) in [5.74, 6) is 0.204. The van der Waals surface area contributed by atoms with Crippen LogP contribution >= 0.6 is 0 Å². The Morgan fingerprint density at radius 2 is 0.475 bits per heavy atom. The largest absolute Gasteiger partial charge is 0.377 e. The summed E-state index contributed by atoms with van der Waals surface area (Å²) in [5, 5.41) is 6.03. The third kappa shape index (κ3) is 7.32. The van der Waals surface area contributed by atoms with Gasteiger partial charge in [0.25, 0.3) is 0 Å². The second kappa shape index (κ2) is 17.4. The molecule has 1 unspecified atom stereocenters. The van der Waals surface area contributed by atoms with Crippen LogP contribution in [0.3, 0.4) is 0 Å². The van der Waals surface area contributed by atoms with Gasteiger partial charge in [-0.05, 0) is 123 Å². The molecule has 1 atom stereocenters. The molecule has 0 saturated heterocycles. The predicted molar refractivity (Wildman–Crippen MR) is 282 cm³/mol. The van der Waals surface area contributed by atoms with Crippen molar-refractivity contribution in [3.63, 3.8) is 0 Å². The Labute approximate surface area is 374 Å². The summed E-state index contributed by atoms with van der Waals surface area (Å²) in [7, 11) is 36.8. The van der Waals surface area contributed by atoms with Crippen molar-refractivity contribution in [3.8, 4) is 0 Å². The van der Waals surface area contributed by atoms with Crippen molar-refractivity contribution >= 4 is 74.8 Å². The van der Waals surface area contributed by atoms with Crippen molar-refractivity contribution in [2.75, 3.05) is 171 Å². The van der Waals surface area contributed by atoms with Gasteiger partial charge in [-0.25, -0.2) is 0 Å². The number of rotatable bonds is 13. The van der Waals surface area contributed by atoms with Crippen LogP contribution in [0.5, 0.6) is 0 Å². The van der Waals surface area contributed by atoms with E-state index in [0.717, 1.165) is 0 Å². The van der Waals surface area contributed by atoms with E-state index in [2.05, 4.69) is 240 Å². The average Bonchev–Trinajstić information content (AvgIpc) is 3.31. The molecule has 1 aliphatic carbocycles. The summed E-state index contributed by atoms with van der Waals surface area (Å²) in [5.41, 5.74) is 23.9. The molecular formula is C51H85N9Si. The Bertz CT molecular complexity index is 2060. The zero-order valence-corrected chi connectivity index (χ0v) is 45.1. The fourth-order valence-electron chi connectivity index (χ4n) is 11.9. The van der Waals surface area contributed by atoms with Gasteiger partial charge in [0.15, 0.2) is 8.07 Å². The van der Waals surface area contributed by atoms with Crippen LogP contribution in [0.4, 0.5) is 51.2 Å². The molecule has 0 spiro atoms. The summed E-state index contributed by atoms with van der Waals surface area (Å²) in [6, 6.07) is 0. The van der Waals surface area contributed by atoms with Gasteiger partial charge in [0.1, 0.15) is 0 Å². The van der Waals surface area contributed by atoms with Gasteiger partial charge in [0.2, 0.25) is 0 Å². The minimum atomic E-state index is -3.58. The van der Waals surface area contributed by atoms with E-state index >= 15 is 0 Å². The van der Waals surface area contributed by atoms with Crippen molar-refractivity contribution < 1.29 is 0 Å². The highest BCUT2D eigenvalue weighted by molar-refractivity contribution is 7.19. The molecule has 0 N–H and O–H groups in total. The minimum absolute atomic E-state index is 0.204. The highest BCUT2D eigenvalue weighted by Crippen LogP contribution is 2.51. The fourth-order valence-corrected chi connectivity index (χ4v) is 19.5. The zero-order valence-electron chi connectivity index (χ0n) is 44.1. The third-order valence-electron chi connectivity index (χ3n) is 13.9. The molecule has 0 aromatic heterocycles. The molecule has 0 fully saturated rings. The smallest absolute Gasteiger partial charge is 0.184 e. The van der Waals surface area contributed by atoms with E-state index in [0.29, 0.717) is 0 Å². The van der Waals surface area contributed by atoms with Gasteiger partial charge in [-0.3, -0.25) is 0 Å². The van der Waals surface area contributed by atoms with Gasteiger partial charge >= 0.3 is 0 Å². The molecule has 338 valence electrons. The number of nitrogens with zero attached hydrogens (tertiary/aromatic N) is 9. The summed E-state index contributed by atoms with van der Waals surface area (Å²) in [6.07, 6.45) is 0. The lowest BCUT2D eigenvalue weighted by Crippen LogP contribution is -2.73. The zero-order chi connectivity index (χ0) is 47.0. The maximum atomic E-state index is 2.52. The van der Waals surface area contributed by atoms with E-state index in [9.17, 15) is 0 Å². The molecule has 0 radical (unpaired) electrons. The standard InChI is InChI=1S/C51H85N9Si/c1-29-30(2)32(4)48(31(29)3)61(49-36(8)42(55(17)18)39(52(11)12)33(5)45(49)58(23)24,50-37(9)43(56(19)20)40(53(13)14)34(6)46(50)59(25)26)51-38(10)44(57(21)22)41(54(15)16)35(7)47(51)60(27)28/h31H,1-28H3. The normalized spacial score (nSPS) is 14.3. The SMILES string of the molecule is CC1=C(C)C(C)C([Si](c2c(C)c(N(C)C)c(N(C)C)c(C)c2N(C)C)(c2c(C)c(N(C)C)c(N(C)C)c(C)c2N(C)C)c2c(C)c(N(C)C)c(N(C)C)c(C)c2N(C)C)=C1C. The Morgan fingerprint density at radius 1 is 0.279 bits per heavy atom. The molecule has 0 aliphatic heterocycles. The van der Waals surface area contributed by atoms with Gasteiger partial charge in [-0.15, -0.1) is 0 Å². The van der Waals surface area contributed by atoms with E-state index in [1.54, 1.807) is 5.20 Å². The Morgan fingerprint density at radius 3 is 0.639 bits per heavy atom. The first-order valence-electron chi connectivity index (χ1n) is 22.0. The number of benzene rings is 3. The van der Waals surface area contributed by atoms with Crippen LogP contribution in [0.25, 0.3) is 0 Å². The minimum Gasteiger partial charge on any atom is -0.377 e. The number of hydrogen-bond donors (Lipinski definition) is 0. The van der Waals surface area contributed by atoms with Crippen molar-refractivity contribution in [1.82, 2.24) is 0 Å². The number of anilines is 9. The van der Waals surface area contributed by atoms with Gasteiger partial charge in [-0.2, -0.15) is 0 Å². The Hall–Kier alpha value is -4.44. The highest BCUT2D eigenvalue weighted by Gasteiger charge is 2.56. The molecule has 10 heteroatoms. The second-order valence-electron chi connectivity index (χ2n) is 19.9. The summed E-state index contributed by atoms with van der Waals surface area (Å²) < 4.78 is 0. The molecule has 0 saturated carbocycles. The maximum Gasteiger partial charge on any atom is 0.184 e. The van der Waals surface area contributed by atoms with Crippen LogP contribution in [0.1, 0.15) is 61.1 Å². The van der Waals surface area contributed by atoms with Gasteiger partial charge in [-0.1, -0.05) is 23.3 Å². The topological polar surface area (TPSA) is 29.2 Å². The third-order valence-corrected chi connectivity index (χ3v) is 19.6. The van der Waals surface area contributed by atoms with Gasteiger partial charge < -0.3 is 44.1 Å². The molecule has 1 aliphatic rings. The van der Waals surface area contributed by atoms with E-state index in [-0.39, 0.29) is 5.92 Å². The van der Waals surface area contributed by atoms with Crippen molar-refractivity contribution in [2.45, 2.75) is 69.2 Å². The maximum absolute atomic E-state index is 3.58. The summed E-state index contributed by atoms with van der Waals surface area (Å²) in [6.45, 7) is 24.2. The lowest BCUT2D eigenvalue weighted by molar-refractivity contribution is 0.851. The first-order valence-corrected chi connectivity index (χ1v) is 24.0. The molecule has 0 amide bonds. The molecule has 0 heterocycles. The number of hydrogen-bond acceptors (Lipinski definition) is 9. The Balaban J connectivity index is 2.90. The van der Waals surface area contributed by atoms with E-state index in [1.165, 1.54) is 117 Å². The molecule has 3 aromatic rings. The van der Waals surface area contributed by atoms with Crippen LogP contribution in [0.2, 0.25) is 0 Å². The van der Waals surface area contributed by atoms with E-state index in [1.807, 2.05) is 0 Å². The van der Waals surface area contributed by atoms with Crippen LogP contribution in [-0.4, -0.2) is 135 Å². The quantitative estimate of drug-likeness (QED) is 0.129. The van der Waals surface area contributed by atoms with Crippen molar-refractivity contribution in [2.24, 2.45) is 5.92 Å². The van der Waals surface area contributed by atoms with Crippen LogP contribution < -0.4 is 59.7 Å². The monoisotopic (exact) mass is 852 g/mol. The molecule has 0 bridgehead atoms. The first-order chi connectivity index (χ1) is 28.0. The highest BCUT2D eigenvalue weighted by atomic mass is 28.3. The van der Waals surface area contributed by atoms with Crippen LogP contribution in [-0.2, 0) is 0 Å². The molecule has 61 heavy (non-hydrogen) atoms. The summed E-state index contributed by atoms with van der Waals surface area (Å²) >= 11 is 0. The summed E-state index contributed by atoms with van der Waals surface area (Å²) in [4.78, 5) is 21.5. The molecular weight excluding hydrogens is 767 g/mol. The van der Waals surface area contributed by atoms with Crippen molar-refractivity contribution in [3.05, 3.63) is 55.3 Å². The van der Waals surface area contributed by atoms with E-state index < -0.39 is 8.07 Å². The molecule has 9 nitrogen and oxygen atoms in total. The van der Waals surface area contributed by atoms with Gasteiger partial charge in [0.05, 0.1) is 34.1 Å². The predicted octanol–water partition coefficient (Wildman–Crippen LogP) is 7.44. The Kier molecular flexibility index (Phi) is 14.0. The van der Waals surface area contributed by atoms with E-state index in [4.69, 9.17) is 0 Å². The van der Waals surface area contributed by atoms with Crippen LogP contribution in [0.15, 0.2) is 21.9 Å². The molecule has 3 aromatic carbocycles. The van der Waals surface area contributed by atoms with Crippen LogP contribution in [0, 0.1) is 47.5 Å². The first kappa shape index (κ1) is 49.2. The van der Waals surface area contributed by atoms with Gasteiger partial charge in [0, 0.05) is 144 Å². The molecule has 4 rings (SSSR count).